The highest BCUT2D eigenvalue weighted by molar-refractivity contribution is 6.23. The molecule has 0 bridgehead atoms. The van der Waals surface area contributed by atoms with Crippen LogP contribution in [0, 0.1) is 12.9 Å². The van der Waals surface area contributed by atoms with E-state index in [-0.39, 0.29) is 5.91 Å². The fraction of sp³-hybridized carbons (Fsp3) is 0.222. The first-order chi connectivity index (χ1) is 12.1. The van der Waals surface area contributed by atoms with Crippen LogP contribution in [-0.2, 0) is 11.2 Å². The Morgan fingerprint density at radius 1 is 1.36 bits per heavy atom. The Morgan fingerprint density at radius 2 is 2.20 bits per heavy atom. The second kappa shape index (κ2) is 7.21. The van der Waals surface area contributed by atoms with Crippen molar-refractivity contribution in [2.75, 3.05) is 6.54 Å². The third kappa shape index (κ3) is 3.88. The van der Waals surface area contributed by atoms with Gasteiger partial charge in [0.1, 0.15) is 0 Å². The van der Waals surface area contributed by atoms with E-state index < -0.39 is 5.95 Å². The van der Waals surface area contributed by atoms with E-state index >= 15 is 0 Å². The number of hydrogen-bond donors (Lipinski definition) is 2. The van der Waals surface area contributed by atoms with Gasteiger partial charge in [-0.3, -0.25) is 4.79 Å². The summed E-state index contributed by atoms with van der Waals surface area (Å²) in [5.74, 6) is -0.174. The average molecular weight is 339 g/mol. The molecule has 0 unspecified atom stereocenters. The number of carbonyl (C=O) groups is 1. The quantitative estimate of drug-likeness (QED) is 0.660. The third-order valence-corrected chi connectivity index (χ3v) is 3.91. The van der Waals surface area contributed by atoms with Gasteiger partial charge in [0.25, 0.3) is 5.91 Å². The number of pyridine rings is 2. The predicted octanol–water partition coefficient (Wildman–Crippen LogP) is 1.95. The number of aryl methyl sites for hydroxylation is 1. The average Bonchev–Trinajstić information content (AvgIpc) is 2.59. The van der Waals surface area contributed by atoms with E-state index in [4.69, 9.17) is 5.73 Å². The molecule has 0 aromatic carbocycles. The summed E-state index contributed by atoms with van der Waals surface area (Å²) in [6.45, 7) is 2.21. The molecular formula is C18H18FN5O. The fourth-order valence-electron chi connectivity index (χ4n) is 2.66. The standard InChI is InChI=1S/C18H18FN5O/c1-11-6-13(10-23-17(11)19)7-12-2-4-21-16(8-12)24-15-3-5-22-18(25)14(15)9-20/h2,4,6,8-10H,3,5,7,20H2,1H3,(H,22,25)/b14-9+,24-15?. The van der Waals surface area contributed by atoms with Crippen molar-refractivity contribution in [3.63, 3.8) is 0 Å². The van der Waals surface area contributed by atoms with E-state index in [1.165, 1.54) is 12.4 Å². The van der Waals surface area contributed by atoms with E-state index in [0.717, 1.165) is 11.1 Å². The van der Waals surface area contributed by atoms with Crippen molar-refractivity contribution < 1.29 is 9.18 Å². The van der Waals surface area contributed by atoms with E-state index in [9.17, 15) is 9.18 Å². The topological polar surface area (TPSA) is 93.3 Å². The van der Waals surface area contributed by atoms with Crippen LogP contribution < -0.4 is 11.1 Å². The predicted molar refractivity (Wildman–Crippen MR) is 93.0 cm³/mol. The van der Waals surface area contributed by atoms with Gasteiger partial charge in [0, 0.05) is 37.1 Å². The number of hydrogen-bond acceptors (Lipinski definition) is 5. The lowest BCUT2D eigenvalue weighted by Crippen LogP contribution is -2.36. The molecule has 3 N–H and O–H groups in total. The van der Waals surface area contributed by atoms with Crippen LogP contribution in [0.3, 0.4) is 0 Å². The normalized spacial score (nSPS) is 17.8. The summed E-state index contributed by atoms with van der Waals surface area (Å²) in [4.78, 5) is 24.3. The zero-order valence-electron chi connectivity index (χ0n) is 13.8. The van der Waals surface area contributed by atoms with Crippen LogP contribution in [0.5, 0.6) is 0 Å². The molecule has 1 aliphatic rings. The number of aliphatic imine (C=N–C) groups is 1. The number of amides is 1. The Labute approximate surface area is 144 Å². The van der Waals surface area contributed by atoms with Crippen LogP contribution in [0.25, 0.3) is 0 Å². The molecule has 6 nitrogen and oxygen atoms in total. The number of carbonyl (C=O) groups excluding carboxylic acids is 1. The second-order valence-corrected chi connectivity index (χ2v) is 5.80. The largest absolute Gasteiger partial charge is 0.404 e. The summed E-state index contributed by atoms with van der Waals surface area (Å²) in [5, 5.41) is 2.73. The van der Waals surface area contributed by atoms with E-state index in [1.54, 1.807) is 19.2 Å². The van der Waals surface area contributed by atoms with Crippen molar-refractivity contribution >= 4 is 17.4 Å². The summed E-state index contributed by atoms with van der Waals surface area (Å²) >= 11 is 0. The van der Waals surface area contributed by atoms with Crippen molar-refractivity contribution in [3.8, 4) is 0 Å². The first kappa shape index (κ1) is 16.8. The summed E-state index contributed by atoms with van der Waals surface area (Å²) in [6, 6.07) is 5.48. The summed E-state index contributed by atoms with van der Waals surface area (Å²) < 4.78 is 13.3. The van der Waals surface area contributed by atoms with E-state index in [2.05, 4.69) is 20.3 Å². The van der Waals surface area contributed by atoms with Crippen LogP contribution in [0.1, 0.15) is 23.1 Å². The summed E-state index contributed by atoms with van der Waals surface area (Å²) in [6.07, 6.45) is 5.64. The molecular weight excluding hydrogens is 321 g/mol. The van der Waals surface area contributed by atoms with Crippen molar-refractivity contribution in [1.82, 2.24) is 15.3 Å². The highest BCUT2D eigenvalue weighted by Crippen LogP contribution is 2.18. The lowest BCUT2D eigenvalue weighted by atomic mass is 10.0. The zero-order valence-corrected chi connectivity index (χ0v) is 13.8. The minimum absolute atomic E-state index is 0.225. The molecule has 2 aromatic heterocycles. The molecule has 7 heteroatoms. The Morgan fingerprint density at radius 3 is 2.96 bits per heavy atom. The van der Waals surface area contributed by atoms with Gasteiger partial charge in [-0.05, 0) is 42.7 Å². The minimum Gasteiger partial charge on any atom is -0.404 e. The van der Waals surface area contributed by atoms with Gasteiger partial charge in [-0.1, -0.05) is 0 Å². The maximum Gasteiger partial charge on any atom is 0.254 e. The lowest BCUT2D eigenvalue weighted by Gasteiger charge is -2.16. The third-order valence-electron chi connectivity index (χ3n) is 3.91. The summed E-state index contributed by atoms with van der Waals surface area (Å²) in [5.41, 5.74) is 8.92. The van der Waals surface area contributed by atoms with Gasteiger partial charge in [-0.15, -0.1) is 0 Å². The van der Waals surface area contributed by atoms with Gasteiger partial charge in [-0.25, -0.2) is 15.0 Å². The number of nitrogens with one attached hydrogen (secondary N) is 1. The van der Waals surface area contributed by atoms with Gasteiger partial charge in [0.05, 0.1) is 11.3 Å². The molecule has 1 fully saturated rings. The maximum atomic E-state index is 13.3. The molecule has 0 aliphatic carbocycles. The summed E-state index contributed by atoms with van der Waals surface area (Å²) in [7, 11) is 0. The first-order valence-electron chi connectivity index (χ1n) is 7.91. The highest BCUT2D eigenvalue weighted by Gasteiger charge is 2.20. The monoisotopic (exact) mass is 339 g/mol. The van der Waals surface area contributed by atoms with Crippen LogP contribution >= 0.6 is 0 Å². The minimum atomic E-state index is -0.456. The second-order valence-electron chi connectivity index (χ2n) is 5.80. The number of rotatable bonds is 3. The molecule has 1 amide bonds. The number of nitrogens with two attached hydrogens (primary N) is 1. The zero-order chi connectivity index (χ0) is 17.8. The van der Waals surface area contributed by atoms with Gasteiger partial charge >= 0.3 is 0 Å². The van der Waals surface area contributed by atoms with Gasteiger partial charge in [0.2, 0.25) is 5.95 Å². The number of nitrogens with zero attached hydrogens (tertiary/aromatic N) is 3. The molecule has 1 aliphatic heterocycles. The smallest absolute Gasteiger partial charge is 0.254 e. The molecule has 2 aromatic rings. The Hall–Kier alpha value is -3.09. The number of halogens is 1. The Bertz CT molecular complexity index is 876. The first-order valence-corrected chi connectivity index (χ1v) is 7.91. The molecule has 0 radical (unpaired) electrons. The van der Waals surface area contributed by atoms with Gasteiger partial charge < -0.3 is 11.1 Å². The number of aromatic nitrogens is 2. The molecule has 1 saturated heterocycles. The molecule has 3 rings (SSSR count). The van der Waals surface area contributed by atoms with Crippen LogP contribution in [0.15, 0.2) is 47.4 Å². The van der Waals surface area contributed by atoms with Gasteiger partial charge in [0.15, 0.2) is 5.82 Å². The molecule has 3 heterocycles. The van der Waals surface area contributed by atoms with Crippen LogP contribution in [0.4, 0.5) is 10.2 Å². The van der Waals surface area contributed by atoms with E-state index in [0.29, 0.717) is 42.1 Å². The van der Waals surface area contributed by atoms with Crippen LogP contribution in [-0.4, -0.2) is 28.1 Å². The Balaban J connectivity index is 1.85. The van der Waals surface area contributed by atoms with E-state index in [1.807, 2.05) is 12.1 Å². The molecule has 0 spiro atoms. The van der Waals surface area contributed by atoms with Crippen molar-refractivity contribution in [2.24, 2.45) is 10.7 Å². The van der Waals surface area contributed by atoms with Crippen molar-refractivity contribution in [1.29, 1.82) is 0 Å². The van der Waals surface area contributed by atoms with Gasteiger partial charge in [-0.2, -0.15) is 4.39 Å². The molecule has 0 saturated carbocycles. The number of piperidine rings is 1. The molecule has 128 valence electrons. The SMILES string of the molecule is Cc1cc(Cc2ccnc(N=C3CCNC(=O)/C3=C/N)c2)cnc1F. The lowest BCUT2D eigenvalue weighted by molar-refractivity contribution is -0.117. The van der Waals surface area contributed by atoms with Crippen molar-refractivity contribution in [3.05, 3.63) is 65.0 Å². The molecule has 25 heavy (non-hydrogen) atoms. The fourth-order valence-corrected chi connectivity index (χ4v) is 2.66. The van der Waals surface area contributed by atoms with Crippen LogP contribution in [0.2, 0.25) is 0 Å². The highest BCUT2D eigenvalue weighted by atomic mass is 19.1. The molecule has 0 atom stereocenters. The Kier molecular flexibility index (Phi) is 4.83. The maximum absolute atomic E-state index is 13.3. The van der Waals surface area contributed by atoms with Crippen molar-refractivity contribution in [2.45, 2.75) is 19.8 Å².